The molecule has 1 aromatic carbocycles. The van der Waals surface area contributed by atoms with Gasteiger partial charge >= 0.3 is 0 Å². The van der Waals surface area contributed by atoms with Gasteiger partial charge in [0.25, 0.3) is 0 Å². The summed E-state index contributed by atoms with van der Waals surface area (Å²) in [7, 11) is 0. The average Bonchev–Trinajstić information content (AvgIpc) is 2.08. The molecule has 0 heterocycles. The first-order valence-electron chi connectivity index (χ1n) is 3.27. The average molecular weight is 179 g/mol. The second-order valence-electron chi connectivity index (χ2n) is 2.19. The maximum absolute atomic E-state index is 10.4. The number of carbonyl (C=O) groups is 1. The van der Waals surface area contributed by atoms with Crippen LogP contribution in [0, 0.1) is 5.53 Å². The third kappa shape index (κ3) is 1.88. The minimum Gasteiger partial charge on any atom is -0.545 e. The van der Waals surface area contributed by atoms with Crippen molar-refractivity contribution in [2.45, 2.75) is 0 Å². The van der Waals surface area contributed by atoms with Gasteiger partial charge in [0.2, 0.25) is 4.91 Å². The summed E-state index contributed by atoms with van der Waals surface area (Å²) in [5, 5.41) is 22.7. The Morgan fingerprint density at radius 3 is 2.85 bits per heavy atom. The normalized spacial score (nSPS) is 8.92. The highest BCUT2D eigenvalue weighted by atomic mass is 16.4. The van der Waals surface area contributed by atoms with Gasteiger partial charge < -0.3 is 15.0 Å². The van der Waals surface area contributed by atoms with Crippen LogP contribution in [0.25, 0.3) is 0 Å². The van der Waals surface area contributed by atoms with Crippen LogP contribution in [0.3, 0.4) is 0 Å². The molecular weight excluding hydrogens is 174 g/mol. The SMILES string of the molecule is N=[N+]=Nc1cc(C(=O)[O-])ccc1O. The molecule has 0 saturated heterocycles. The Morgan fingerprint density at radius 1 is 1.62 bits per heavy atom. The lowest BCUT2D eigenvalue weighted by Crippen LogP contribution is -2.21. The van der Waals surface area contributed by atoms with Crippen LogP contribution in [0.4, 0.5) is 5.69 Å². The zero-order valence-corrected chi connectivity index (χ0v) is 6.39. The molecule has 0 aliphatic rings. The molecule has 6 heteroatoms. The van der Waals surface area contributed by atoms with Gasteiger partial charge in [0.1, 0.15) is 11.3 Å². The van der Waals surface area contributed by atoms with E-state index in [0.29, 0.717) is 0 Å². The van der Waals surface area contributed by atoms with Crippen molar-refractivity contribution in [2.24, 2.45) is 5.11 Å². The van der Waals surface area contributed by atoms with Crippen LogP contribution in [0.2, 0.25) is 0 Å². The van der Waals surface area contributed by atoms with E-state index in [-0.39, 0.29) is 17.0 Å². The van der Waals surface area contributed by atoms with Gasteiger partial charge in [0, 0.05) is 0 Å². The second kappa shape index (κ2) is 3.46. The Kier molecular flexibility index (Phi) is 2.37. The number of aromatic hydroxyl groups is 1. The van der Waals surface area contributed by atoms with Crippen molar-refractivity contribution in [1.29, 1.82) is 5.53 Å². The molecule has 1 aromatic rings. The lowest BCUT2D eigenvalue weighted by atomic mass is 10.2. The predicted octanol–water partition coefficient (Wildman–Crippen LogP) is -0.0624. The first-order chi connectivity index (χ1) is 6.15. The number of carboxylic acid groups (broad SMARTS) is 1. The van der Waals surface area contributed by atoms with E-state index in [1.165, 1.54) is 6.07 Å². The van der Waals surface area contributed by atoms with Crippen LogP contribution in [-0.2, 0) is 0 Å². The summed E-state index contributed by atoms with van der Waals surface area (Å²) in [5.41, 5.74) is 6.20. The number of hydrogen-bond acceptors (Lipinski definition) is 5. The van der Waals surface area contributed by atoms with Crippen LogP contribution in [-0.4, -0.2) is 11.1 Å². The Labute approximate surface area is 72.7 Å². The summed E-state index contributed by atoms with van der Waals surface area (Å²) in [6.45, 7) is 0. The molecule has 2 N–H and O–H groups in total. The van der Waals surface area contributed by atoms with Crippen LogP contribution >= 0.6 is 0 Å². The third-order valence-corrected chi connectivity index (χ3v) is 1.37. The number of phenolic OH excluding ortho intramolecular Hbond substituents is 1. The molecule has 0 bridgehead atoms. The standard InChI is InChI=1S/C7H5N3O3/c8-10-9-5-3-4(7(12)13)1-2-6(5)11/h1-3,8H,(H,12,13). The molecule has 0 radical (unpaired) electrons. The topological polar surface area (TPSA) is 111 Å². The number of carbonyl (C=O) groups excluding carboxylic acids is 1. The highest BCUT2D eigenvalue weighted by molar-refractivity contribution is 5.87. The zero-order valence-electron chi connectivity index (χ0n) is 6.39. The van der Waals surface area contributed by atoms with Crippen molar-refractivity contribution in [3.05, 3.63) is 23.8 Å². The predicted molar refractivity (Wildman–Crippen MR) is 39.4 cm³/mol. The monoisotopic (exact) mass is 179 g/mol. The molecule has 6 nitrogen and oxygen atoms in total. The molecule has 0 aliphatic carbocycles. The fourth-order valence-corrected chi connectivity index (χ4v) is 0.784. The lowest BCUT2D eigenvalue weighted by Gasteiger charge is -2.01. The molecule has 0 unspecified atom stereocenters. The van der Waals surface area contributed by atoms with Crippen molar-refractivity contribution in [3.8, 4) is 5.75 Å². The summed E-state index contributed by atoms with van der Waals surface area (Å²) >= 11 is 0. The Hall–Kier alpha value is -2.20. The van der Waals surface area contributed by atoms with E-state index < -0.39 is 5.97 Å². The van der Waals surface area contributed by atoms with Gasteiger partial charge in [-0.25, -0.2) is 0 Å². The number of nitrogens with one attached hydrogen (secondary N) is 1. The number of carboxylic acids is 1. The Morgan fingerprint density at radius 2 is 2.31 bits per heavy atom. The molecule has 0 amide bonds. The number of hydrogen-bond donors (Lipinski definition) is 2. The first-order valence-corrected chi connectivity index (χ1v) is 3.27. The maximum atomic E-state index is 10.4. The number of nitrogens with zero attached hydrogens (tertiary/aromatic N) is 2. The number of aromatic carboxylic acids is 1. The van der Waals surface area contributed by atoms with E-state index in [2.05, 4.69) is 10.0 Å². The van der Waals surface area contributed by atoms with Gasteiger partial charge in [0.15, 0.2) is 10.8 Å². The second-order valence-corrected chi connectivity index (χ2v) is 2.19. The van der Waals surface area contributed by atoms with Crippen LogP contribution in [0.15, 0.2) is 23.3 Å². The fourth-order valence-electron chi connectivity index (χ4n) is 0.784. The smallest absolute Gasteiger partial charge is 0.220 e. The highest BCUT2D eigenvalue weighted by Crippen LogP contribution is 2.26. The minimum absolute atomic E-state index is 0.0725. The summed E-state index contributed by atoms with van der Waals surface area (Å²) in [6.07, 6.45) is 0. The lowest BCUT2D eigenvalue weighted by molar-refractivity contribution is -0.255. The van der Waals surface area contributed by atoms with E-state index in [0.717, 1.165) is 12.1 Å². The molecule has 0 aliphatic heterocycles. The van der Waals surface area contributed by atoms with Gasteiger partial charge in [0.05, 0.1) is 5.97 Å². The first kappa shape index (κ1) is 8.89. The number of benzene rings is 1. The third-order valence-electron chi connectivity index (χ3n) is 1.37. The number of phenols is 1. The molecule has 1 rings (SSSR count). The largest absolute Gasteiger partial charge is 0.545 e. The molecule has 0 aromatic heterocycles. The zero-order chi connectivity index (χ0) is 9.84. The van der Waals surface area contributed by atoms with Gasteiger partial charge in [-0.15, -0.1) is 0 Å². The van der Waals surface area contributed by atoms with E-state index >= 15 is 0 Å². The van der Waals surface area contributed by atoms with Crippen molar-refractivity contribution < 1.29 is 15.0 Å². The summed E-state index contributed by atoms with van der Waals surface area (Å²) in [5.74, 6) is -1.61. The van der Waals surface area contributed by atoms with Crippen LogP contribution in [0.5, 0.6) is 5.75 Å². The maximum Gasteiger partial charge on any atom is 0.220 e. The molecule has 66 valence electrons. The van der Waals surface area contributed by atoms with E-state index in [4.69, 9.17) is 10.6 Å². The quantitative estimate of drug-likeness (QED) is 0.489. The van der Waals surface area contributed by atoms with Crippen LogP contribution in [0.1, 0.15) is 10.4 Å². The van der Waals surface area contributed by atoms with Crippen molar-refractivity contribution in [2.75, 3.05) is 0 Å². The van der Waals surface area contributed by atoms with Crippen molar-refractivity contribution in [3.63, 3.8) is 0 Å². The van der Waals surface area contributed by atoms with E-state index in [1.54, 1.807) is 0 Å². The fraction of sp³-hybridized carbons (Fsp3) is 0. The van der Waals surface area contributed by atoms with Gasteiger partial charge in [-0.2, -0.15) is 0 Å². The molecule has 0 fully saturated rings. The molecule has 0 atom stereocenters. The Balaban J connectivity index is 3.26. The molecule has 13 heavy (non-hydrogen) atoms. The van der Waals surface area contributed by atoms with Crippen molar-refractivity contribution in [1.82, 2.24) is 4.91 Å². The highest BCUT2D eigenvalue weighted by Gasteiger charge is 2.05. The summed E-state index contributed by atoms with van der Waals surface area (Å²) in [4.78, 5) is 13.0. The van der Waals surface area contributed by atoms with Crippen molar-refractivity contribution >= 4 is 11.7 Å². The summed E-state index contributed by atoms with van der Waals surface area (Å²) in [6, 6.07) is 3.39. The summed E-state index contributed by atoms with van der Waals surface area (Å²) < 4.78 is 0. The molecular formula is C7H5N3O3. The number of rotatable bonds is 2. The van der Waals surface area contributed by atoms with Gasteiger partial charge in [-0.1, -0.05) is 0 Å². The minimum atomic E-state index is -1.37. The van der Waals surface area contributed by atoms with Crippen LogP contribution < -0.4 is 10.0 Å². The van der Waals surface area contributed by atoms with Gasteiger partial charge in [-0.3, -0.25) is 0 Å². The molecule has 0 saturated carbocycles. The molecule has 0 spiro atoms. The van der Waals surface area contributed by atoms with E-state index in [9.17, 15) is 9.90 Å². The van der Waals surface area contributed by atoms with Gasteiger partial charge in [-0.05, 0) is 23.8 Å². The van der Waals surface area contributed by atoms with E-state index in [1.807, 2.05) is 0 Å². The Bertz CT molecular complexity index is 396.